The van der Waals surface area contributed by atoms with Gasteiger partial charge in [0.25, 0.3) is 0 Å². The maximum atomic E-state index is 3.60. The maximum Gasteiger partial charge on any atom is -0.172 e. The average molecular weight is 533 g/mol. The molecule has 34 heavy (non-hydrogen) atoms. The zero-order valence-corrected chi connectivity index (χ0v) is 25.6. The standard InChI is InChI=1S/C23H29.C5H5.C4H9.CH2.Zr/c1-14-9-16-11-17-10-15(2)21(23(6,7)8)13-19(17)18(16)12-20(14)22(3,4)5;1-2-4-5-3-1;1-3-4-2;;/h9-13H,1-8H3;1-5H;1,3-4H2,2H3;1H2;/q3*-1;;. The van der Waals surface area contributed by atoms with Crippen molar-refractivity contribution in [2.75, 3.05) is 0 Å². The second-order valence-corrected chi connectivity index (χ2v) is 11.0. The summed E-state index contributed by atoms with van der Waals surface area (Å²) in [5.41, 5.74) is 6.06. The number of hydrogen-bond acceptors (Lipinski definition) is 0. The first kappa shape index (κ1) is 30.4. The molecule has 0 amide bonds. The van der Waals surface area contributed by atoms with E-state index in [1.807, 2.05) is 30.3 Å². The van der Waals surface area contributed by atoms with Crippen LogP contribution in [0.2, 0.25) is 0 Å². The molecule has 0 nitrogen and oxygen atoms in total. The molecule has 0 saturated heterocycles. The van der Waals surface area contributed by atoms with Gasteiger partial charge in [-0.15, -0.1) is 39.7 Å². The van der Waals surface area contributed by atoms with Gasteiger partial charge in [0.05, 0.1) is 0 Å². The van der Waals surface area contributed by atoms with E-state index in [2.05, 4.69) is 104 Å². The first-order valence-electron chi connectivity index (χ1n) is 12.4. The summed E-state index contributed by atoms with van der Waals surface area (Å²) in [6.07, 6.45) is 2.28. The topological polar surface area (TPSA) is 0 Å². The van der Waals surface area contributed by atoms with Gasteiger partial charge in [0, 0.05) is 0 Å². The minimum absolute atomic E-state index is 0.180. The SMILES string of the molecule is Cc1cc2[cH-]c3cc(C)c(C(C)(C)C)cc3c2cc1C(C)(C)C.[CH2-]CCC.[CH2]=[Zr].c1cc[cH-]c1. The Hall–Kier alpha value is -1.59. The maximum absolute atomic E-state index is 3.60. The molecule has 0 aromatic heterocycles. The summed E-state index contributed by atoms with van der Waals surface area (Å²) in [6.45, 7) is 24.0. The fourth-order valence-corrected chi connectivity index (χ4v) is 4.27. The summed E-state index contributed by atoms with van der Waals surface area (Å²) >= 11 is 1.30. The molecule has 0 unspecified atom stereocenters. The number of unbranched alkanes of at least 4 members (excludes halogenated alkanes) is 1. The third kappa shape index (κ3) is 8.27. The smallest absolute Gasteiger partial charge is 0.172 e. The first-order chi connectivity index (χ1) is 15.9. The van der Waals surface area contributed by atoms with Crippen molar-refractivity contribution in [3.8, 4) is 0 Å². The molecule has 0 atom stereocenters. The molecule has 0 aliphatic carbocycles. The molecule has 1 heteroatoms. The number of rotatable bonds is 1. The third-order valence-corrected chi connectivity index (χ3v) is 5.92. The fraction of sp³-hybridized carbons (Fsp3) is 0.394. The Bertz CT molecular complexity index is 1030. The summed E-state index contributed by atoms with van der Waals surface area (Å²) in [6, 6.07) is 21.9. The van der Waals surface area contributed by atoms with Gasteiger partial charge in [0.15, 0.2) is 0 Å². The van der Waals surface area contributed by atoms with E-state index >= 15 is 0 Å². The van der Waals surface area contributed by atoms with E-state index in [4.69, 9.17) is 0 Å². The quantitative estimate of drug-likeness (QED) is 0.214. The van der Waals surface area contributed by atoms with Crippen molar-refractivity contribution in [2.24, 2.45) is 0 Å². The van der Waals surface area contributed by atoms with E-state index in [9.17, 15) is 0 Å². The molecule has 0 aliphatic heterocycles. The third-order valence-electron chi connectivity index (χ3n) is 5.92. The van der Waals surface area contributed by atoms with Crippen LogP contribution in [0.5, 0.6) is 0 Å². The second-order valence-electron chi connectivity index (χ2n) is 11.0. The van der Waals surface area contributed by atoms with Gasteiger partial charge in [-0.05, 0) is 24.7 Å². The van der Waals surface area contributed by atoms with Gasteiger partial charge in [-0.3, -0.25) is 0 Å². The molecule has 4 aromatic rings. The molecule has 0 fully saturated rings. The Morgan fingerprint density at radius 3 is 1.35 bits per heavy atom. The molecule has 4 rings (SSSR count). The second kappa shape index (κ2) is 13.5. The van der Waals surface area contributed by atoms with Crippen LogP contribution in [-0.2, 0) is 35.1 Å². The normalized spacial score (nSPS) is 11.1. The molecular formula is C33H45Zr-3. The Kier molecular flexibility index (Phi) is 12.1. The minimum atomic E-state index is 0.180. The molecular weight excluding hydrogens is 488 g/mol. The number of aryl methyl sites for hydroxylation is 2. The summed E-state index contributed by atoms with van der Waals surface area (Å²) in [5, 5.41) is 5.55. The largest absolute Gasteiger partial charge is 0.214 e. The molecule has 0 aliphatic rings. The van der Waals surface area contributed by atoms with Crippen molar-refractivity contribution in [1.82, 2.24) is 0 Å². The van der Waals surface area contributed by atoms with E-state index in [0.29, 0.717) is 0 Å². The Morgan fingerprint density at radius 1 is 0.765 bits per heavy atom. The van der Waals surface area contributed by atoms with Crippen LogP contribution in [-0.4, -0.2) is 4.21 Å². The van der Waals surface area contributed by atoms with Gasteiger partial charge >= 0.3 is 28.4 Å². The van der Waals surface area contributed by atoms with Crippen LogP contribution in [0.25, 0.3) is 21.5 Å². The van der Waals surface area contributed by atoms with Crippen molar-refractivity contribution in [3.05, 3.63) is 89.8 Å². The fourth-order valence-electron chi connectivity index (χ4n) is 4.27. The molecule has 4 aromatic carbocycles. The van der Waals surface area contributed by atoms with Crippen LogP contribution in [0.3, 0.4) is 0 Å². The van der Waals surface area contributed by atoms with Gasteiger partial charge in [0.2, 0.25) is 0 Å². The summed E-state index contributed by atoms with van der Waals surface area (Å²) in [7, 11) is 0. The number of benzene rings is 2. The van der Waals surface area contributed by atoms with Crippen molar-refractivity contribution in [1.29, 1.82) is 0 Å². The molecule has 0 N–H and O–H groups in total. The Balaban J connectivity index is 0.000000438. The van der Waals surface area contributed by atoms with Crippen LogP contribution >= 0.6 is 0 Å². The number of hydrogen-bond donors (Lipinski definition) is 0. The van der Waals surface area contributed by atoms with Crippen molar-refractivity contribution < 1.29 is 24.2 Å². The van der Waals surface area contributed by atoms with Crippen molar-refractivity contribution in [3.63, 3.8) is 0 Å². The zero-order valence-electron chi connectivity index (χ0n) is 23.1. The summed E-state index contributed by atoms with van der Waals surface area (Å²) < 4.78 is 3.34. The van der Waals surface area contributed by atoms with E-state index in [-0.39, 0.29) is 10.8 Å². The van der Waals surface area contributed by atoms with Crippen molar-refractivity contribution in [2.45, 2.75) is 86.0 Å². The molecule has 0 radical (unpaired) electrons. The van der Waals surface area contributed by atoms with E-state index in [1.165, 1.54) is 74.5 Å². The monoisotopic (exact) mass is 531 g/mol. The molecule has 0 heterocycles. The predicted octanol–water partition coefficient (Wildman–Crippen LogP) is 9.92. The van der Waals surface area contributed by atoms with Gasteiger partial charge in [-0.2, -0.15) is 24.6 Å². The molecule has 0 bridgehead atoms. The van der Waals surface area contributed by atoms with Crippen LogP contribution in [0, 0.1) is 20.8 Å². The van der Waals surface area contributed by atoms with Gasteiger partial charge in [-0.1, -0.05) is 89.3 Å². The molecule has 184 valence electrons. The van der Waals surface area contributed by atoms with Gasteiger partial charge < -0.3 is 6.92 Å². The molecule has 0 saturated carbocycles. The van der Waals surface area contributed by atoms with Crippen molar-refractivity contribution >= 4 is 25.8 Å². The molecule has 0 spiro atoms. The Morgan fingerprint density at radius 2 is 1.12 bits per heavy atom. The average Bonchev–Trinajstić information content (AvgIpc) is 3.44. The Labute approximate surface area is 224 Å². The van der Waals surface area contributed by atoms with E-state index in [0.717, 1.165) is 6.42 Å². The summed E-state index contributed by atoms with van der Waals surface area (Å²) in [4.78, 5) is 0. The minimum Gasteiger partial charge on any atom is -0.214 e. The number of fused-ring (bicyclic) bond motifs is 3. The first-order valence-corrected chi connectivity index (χ1v) is 14.1. The van der Waals surface area contributed by atoms with Crippen LogP contribution in [0.1, 0.15) is 83.6 Å². The van der Waals surface area contributed by atoms with Crippen LogP contribution < -0.4 is 0 Å². The van der Waals surface area contributed by atoms with E-state index < -0.39 is 0 Å². The summed E-state index contributed by atoms with van der Waals surface area (Å²) in [5.74, 6) is 0. The zero-order chi connectivity index (χ0) is 26.1. The predicted molar refractivity (Wildman–Crippen MR) is 153 cm³/mol. The van der Waals surface area contributed by atoms with Gasteiger partial charge in [-0.25, -0.2) is 12.1 Å². The van der Waals surface area contributed by atoms with Crippen LogP contribution in [0.15, 0.2) is 60.7 Å². The van der Waals surface area contributed by atoms with E-state index in [1.54, 1.807) is 0 Å². The van der Waals surface area contributed by atoms with Crippen LogP contribution in [0.4, 0.5) is 0 Å². The van der Waals surface area contributed by atoms with Gasteiger partial charge in [0.1, 0.15) is 0 Å².